The Labute approximate surface area is 84.1 Å². The van der Waals surface area contributed by atoms with E-state index < -0.39 is 22.2 Å². The zero-order valence-corrected chi connectivity index (χ0v) is 9.34. The number of carboxylic acids is 1. The number of hydrogen-bond acceptors (Lipinski definition) is 3. The summed E-state index contributed by atoms with van der Waals surface area (Å²) in [6, 6.07) is -1.11. The summed E-state index contributed by atoms with van der Waals surface area (Å²) in [5.74, 6) is -1.20. The maximum absolute atomic E-state index is 11.4. The molecule has 0 saturated heterocycles. The fourth-order valence-corrected chi connectivity index (χ4v) is 1.95. The van der Waals surface area contributed by atoms with Gasteiger partial charge in [-0.05, 0) is 13.3 Å². The highest BCUT2D eigenvalue weighted by atomic mass is 32.2. The second-order valence-electron chi connectivity index (χ2n) is 3.00. The number of nitrogens with zero attached hydrogens (tertiary/aromatic N) is 1. The Kier molecular flexibility index (Phi) is 5.03. The first-order chi connectivity index (χ1) is 6.31. The normalized spacial score (nSPS) is 14.3. The molecule has 0 fully saturated rings. The summed E-state index contributed by atoms with van der Waals surface area (Å²) < 4.78 is 25.9. The van der Waals surface area contributed by atoms with Crippen molar-refractivity contribution in [2.75, 3.05) is 13.6 Å². The van der Waals surface area contributed by atoms with E-state index in [2.05, 4.69) is 0 Å². The van der Waals surface area contributed by atoms with Crippen LogP contribution < -0.4 is 4.72 Å². The van der Waals surface area contributed by atoms with Gasteiger partial charge in [0, 0.05) is 13.6 Å². The van der Waals surface area contributed by atoms with Crippen molar-refractivity contribution in [3.63, 3.8) is 0 Å². The predicted octanol–water partition coefficient (Wildman–Crippen LogP) is -0.364. The largest absolute Gasteiger partial charge is 0.480 e. The Morgan fingerprint density at radius 3 is 2.43 bits per heavy atom. The fourth-order valence-electron chi connectivity index (χ4n) is 0.799. The van der Waals surface area contributed by atoms with Crippen LogP contribution in [0.5, 0.6) is 0 Å². The number of nitrogens with one attached hydrogen (secondary N) is 1. The molecule has 2 N–H and O–H groups in total. The van der Waals surface area contributed by atoms with Gasteiger partial charge < -0.3 is 5.11 Å². The van der Waals surface area contributed by atoms with Crippen molar-refractivity contribution in [1.82, 2.24) is 9.03 Å². The van der Waals surface area contributed by atoms with Crippen molar-refractivity contribution < 1.29 is 18.3 Å². The van der Waals surface area contributed by atoms with Crippen LogP contribution in [0.2, 0.25) is 0 Å². The zero-order chi connectivity index (χ0) is 11.4. The average molecular weight is 224 g/mol. The number of carbonyl (C=O) groups is 1. The molecule has 0 rings (SSSR count). The molecule has 7 heteroatoms. The first-order valence-electron chi connectivity index (χ1n) is 4.27. The standard InChI is InChI=1S/C7H16N2O4S/c1-4-5-9(3)14(12,13)8-6(2)7(10)11/h6,8H,4-5H2,1-3H3,(H,10,11)/t6-/m0/s1. The quantitative estimate of drug-likeness (QED) is 0.645. The van der Waals surface area contributed by atoms with Crippen LogP contribution >= 0.6 is 0 Å². The summed E-state index contributed by atoms with van der Waals surface area (Å²) in [4.78, 5) is 10.4. The highest BCUT2D eigenvalue weighted by molar-refractivity contribution is 7.87. The maximum atomic E-state index is 11.4. The average Bonchev–Trinajstić information content (AvgIpc) is 2.03. The first kappa shape index (κ1) is 13.3. The van der Waals surface area contributed by atoms with Crippen molar-refractivity contribution in [2.45, 2.75) is 26.3 Å². The molecule has 0 radical (unpaired) electrons. The van der Waals surface area contributed by atoms with Crippen molar-refractivity contribution in [3.05, 3.63) is 0 Å². The summed E-state index contributed by atoms with van der Waals surface area (Å²) in [5.41, 5.74) is 0. The minimum absolute atomic E-state index is 0.363. The molecule has 0 heterocycles. The number of rotatable bonds is 6. The highest BCUT2D eigenvalue weighted by Crippen LogP contribution is 1.97. The summed E-state index contributed by atoms with van der Waals surface area (Å²) in [6.45, 7) is 3.48. The summed E-state index contributed by atoms with van der Waals surface area (Å²) in [5, 5.41) is 8.51. The van der Waals surface area contributed by atoms with E-state index in [1.54, 1.807) is 0 Å². The Bertz CT molecular complexity index is 288. The van der Waals surface area contributed by atoms with Gasteiger partial charge in [0.2, 0.25) is 0 Å². The molecule has 0 unspecified atom stereocenters. The van der Waals surface area contributed by atoms with Crippen molar-refractivity contribution in [3.8, 4) is 0 Å². The Hall–Kier alpha value is -0.660. The van der Waals surface area contributed by atoms with Gasteiger partial charge in [0.15, 0.2) is 0 Å². The number of hydrogen-bond donors (Lipinski definition) is 2. The van der Waals surface area contributed by atoms with Gasteiger partial charge in [-0.15, -0.1) is 0 Å². The fraction of sp³-hybridized carbons (Fsp3) is 0.857. The van der Waals surface area contributed by atoms with E-state index >= 15 is 0 Å². The molecule has 84 valence electrons. The van der Waals surface area contributed by atoms with Gasteiger partial charge in [0.25, 0.3) is 10.2 Å². The summed E-state index contributed by atoms with van der Waals surface area (Å²) in [6.07, 6.45) is 0.679. The van der Waals surface area contributed by atoms with Gasteiger partial charge in [-0.25, -0.2) is 0 Å². The van der Waals surface area contributed by atoms with Crippen LogP contribution in [0.4, 0.5) is 0 Å². The summed E-state index contributed by atoms with van der Waals surface area (Å²) >= 11 is 0. The number of carboxylic acid groups (broad SMARTS) is 1. The maximum Gasteiger partial charge on any atom is 0.321 e. The van der Waals surface area contributed by atoms with Crippen LogP contribution in [0.1, 0.15) is 20.3 Å². The van der Waals surface area contributed by atoms with Crippen LogP contribution in [-0.4, -0.2) is 43.4 Å². The molecule has 0 saturated carbocycles. The van der Waals surface area contributed by atoms with Gasteiger partial charge in [0.1, 0.15) is 6.04 Å². The smallest absolute Gasteiger partial charge is 0.321 e. The molecule has 0 aliphatic carbocycles. The summed E-state index contributed by atoms with van der Waals surface area (Å²) in [7, 11) is -2.26. The van der Waals surface area contributed by atoms with Crippen LogP contribution in [0.15, 0.2) is 0 Å². The molecular weight excluding hydrogens is 208 g/mol. The molecule has 6 nitrogen and oxygen atoms in total. The molecular formula is C7H16N2O4S. The molecule has 0 aromatic carbocycles. The van der Waals surface area contributed by atoms with Crippen LogP contribution in [0.3, 0.4) is 0 Å². The molecule has 0 aliphatic rings. The third kappa shape index (κ3) is 4.03. The van der Waals surface area contributed by atoms with E-state index in [-0.39, 0.29) is 0 Å². The molecule has 14 heavy (non-hydrogen) atoms. The molecule has 0 bridgehead atoms. The van der Waals surface area contributed by atoms with E-state index in [0.29, 0.717) is 13.0 Å². The Morgan fingerprint density at radius 1 is 1.57 bits per heavy atom. The van der Waals surface area contributed by atoms with E-state index in [4.69, 9.17) is 5.11 Å². The van der Waals surface area contributed by atoms with E-state index in [0.717, 1.165) is 4.31 Å². The minimum Gasteiger partial charge on any atom is -0.480 e. The first-order valence-corrected chi connectivity index (χ1v) is 5.71. The van der Waals surface area contributed by atoms with Gasteiger partial charge in [-0.2, -0.15) is 17.4 Å². The van der Waals surface area contributed by atoms with Crippen LogP contribution in [0, 0.1) is 0 Å². The third-order valence-corrected chi connectivity index (χ3v) is 3.30. The lowest BCUT2D eigenvalue weighted by Crippen LogP contribution is -2.45. The van der Waals surface area contributed by atoms with E-state index in [9.17, 15) is 13.2 Å². The van der Waals surface area contributed by atoms with Crippen molar-refractivity contribution >= 4 is 16.2 Å². The molecule has 0 aliphatic heterocycles. The zero-order valence-electron chi connectivity index (χ0n) is 8.52. The molecule has 0 aromatic rings. The van der Waals surface area contributed by atoms with Gasteiger partial charge in [-0.1, -0.05) is 6.92 Å². The van der Waals surface area contributed by atoms with Crippen LogP contribution in [0.25, 0.3) is 0 Å². The third-order valence-electron chi connectivity index (χ3n) is 1.64. The predicted molar refractivity (Wildman–Crippen MR) is 52.1 cm³/mol. The highest BCUT2D eigenvalue weighted by Gasteiger charge is 2.22. The van der Waals surface area contributed by atoms with Crippen molar-refractivity contribution in [2.24, 2.45) is 0 Å². The second-order valence-corrected chi connectivity index (χ2v) is 4.81. The lowest BCUT2D eigenvalue weighted by Gasteiger charge is -2.18. The minimum atomic E-state index is -3.66. The van der Waals surface area contributed by atoms with Crippen LogP contribution in [-0.2, 0) is 15.0 Å². The lowest BCUT2D eigenvalue weighted by atomic mass is 10.4. The van der Waals surface area contributed by atoms with Gasteiger partial charge in [0.05, 0.1) is 0 Å². The molecule has 0 spiro atoms. The topological polar surface area (TPSA) is 86.7 Å². The Balaban J connectivity index is 4.41. The molecule has 1 atom stereocenters. The van der Waals surface area contributed by atoms with E-state index in [1.807, 2.05) is 11.6 Å². The van der Waals surface area contributed by atoms with Gasteiger partial charge >= 0.3 is 5.97 Å². The van der Waals surface area contributed by atoms with Gasteiger partial charge in [-0.3, -0.25) is 4.79 Å². The van der Waals surface area contributed by atoms with E-state index in [1.165, 1.54) is 14.0 Å². The van der Waals surface area contributed by atoms with Crippen molar-refractivity contribution in [1.29, 1.82) is 0 Å². The second kappa shape index (κ2) is 5.28. The molecule has 0 amide bonds. The number of aliphatic carboxylic acids is 1. The Morgan fingerprint density at radius 2 is 2.07 bits per heavy atom. The lowest BCUT2D eigenvalue weighted by molar-refractivity contribution is -0.138. The monoisotopic (exact) mass is 224 g/mol. The molecule has 0 aromatic heterocycles. The SMILES string of the molecule is CCCN(C)S(=O)(=O)N[C@@H](C)C(=O)O.